The molecule has 22 heavy (non-hydrogen) atoms. The number of hydrogen-bond donors (Lipinski definition) is 1. The predicted molar refractivity (Wildman–Crippen MR) is 79.7 cm³/mol. The number of carbonyl (C=O) groups excluding carboxylic acids is 1. The highest BCUT2D eigenvalue weighted by atomic mass is 19.1. The number of rotatable bonds is 3. The first-order valence-electron chi connectivity index (χ1n) is 7.12. The zero-order valence-electron chi connectivity index (χ0n) is 11.7. The Kier molecular flexibility index (Phi) is 2.89. The highest BCUT2D eigenvalue weighted by Crippen LogP contribution is 2.33. The van der Waals surface area contributed by atoms with Gasteiger partial charge in [0.1, 0.15) is 5.82 Å². The van der Waals surface area contributed by atoms with Crippen molar-refractivity contribution >= 4 is 17.5 Å². The largest absolute Gasteiger partial charge is 0.309 e. The molecule has 0 saturated heterocycles. The van der Waals surface area contributed by atoms with Crippen LogP contribution in [0.4, 0.5) is 10.2 Å². The molecule has 1 aliphatic carbocycles. The number of nitrogens with one attached hydrogen (secondary N) is 1. The lowest BCUT2D eigenvalue weighted by molar-refractivity contribution is -0.117. The standard InChI is InChI=1S/C16H13FN4O/c17-12-6-4-10(5-7-12)13-14(19-15(22)11-2-3-11)20-16-18-8-1-9-21(13)16/h1,4-9,11H,2-3H2,(H,19,22). The van der Waals surface area contributed by atoms with E-state index in [2.05, 4.69) is 15.3 Å². The van der Waals surface area contributed by atoms with E-state index >= 15 is 0 Å². The van der Waals surface area contributed by atoms with Crippen LogP contribution in [0.2, 0.25) is 0 Å². The molecule has 0 unspecified atom stereocenters. The molecule has 1 fully saturated rings. The molecule has 0 aliphatic heterocycles. The van der Waals surface area contributed by atoms with Gasteiger partial charge in [0.05, 0.1) is 5.69 Å². The number of anilines is 1. The molecule has 3 aromatic rings. The Labute approximate surface area is 125 Å². The second-order valence-corrected chi connectivity index (χ2v) is 5.37. The molecule has 1 saturated carbocycles. The molecule has 1 aromatic carbocycles. The van der Waals surface area contributed by atoms with Crippen molar-refractivity contribution in [1.82, 2.24) is 14.4 Å². The van der Waals surface area contributed by atoms with Crippen LogP contribution in [0.25, 0.3) is 17.0 Å². The van der Waals surface area contributed by atoms with Gasteiger partial charge >= 0.3 is 0 Å². The Balaban J connectivity index is 1.85. The first-order valence-corrected chi connectivity index (χ1v) is 7.12. The summed E-state index contributed by atoms with van der Waals surface area (Å²) in [6, 6.07) is 7.89. The quantitative estimate of drug-likeness (QED) is 0.808. The molecule has 6 heteroatoms. The molecule has 1 amide bonds. The number of fused-ring (bicyclic) bond motifs is 1. The summed E-state index contributed by atoms with van der Waals surface area (Å²) < 4.78 is 14.9. The molecule has 1 aliphatic rings. The fourth-order valence-electron chi connectivity index (χ4n) is 2.42. The third kappa shape index (κ3) is 2.22. The molecule has 4 rings (SSSR count). The van der Waals surface area contributed by atoms with Crippen molar-refractivity contribution in [2.75, 3.05) is 5.32 Å². The van der Waals surface area contributed by atoms with Crippen LogP contribution in [0.3, 0.4) is 0 Å². The Bertz CT molecular complexity index is 852. The number of nitrogens with zero attached hydrogens (tertiary/aromatic N) is 3. The molecule has 0 bridgehead atoms. The second kappa shape index (κ2) is 4.91. The average molecular weight is 296 g/mol. The Morgan fingerprint density at radius 1 is 1.27 bits per heavy atom. The van der Waals surface area contributed by atoms with Crippen LogP contribution in [0.1, 0.15) is 12.8 Å². The summed E-state index contributed by atoms with van der Waals surface area (Å²) in [5.74, 6) is 0.708. The fourth-order valence-corrected chi connectivity index (χ4v) is 2.42. The number of imidazole rings is 1. The van der Waals surface area contributed by atoms with Gasteiger partial charge in [0.2, 0.25) is 11.7 Å². The SMILES string of the molecule is O=C(Nc1nc2ncccn2c1-c1ccc(F)cc1)C1CC1. The van der Waals surface area contributed by atoms with Crippen LogP contribution in [0, 0.1) is 11.7 Å². The lowest BCUT2D eigenvalue weighted by Gasteiger charge is -2.06. The van der Waals surface area contributed by atoms with E-state index in [-0.39, 0.29) is 17.6 Å². The highest BCUT2D eigenvalue weighted by molar-refractivity contribution is 5.96. The average Bonchev–Trinajstić information content (AvgIpc) is 3.31. The lowest BCUT2D eigenvalue weighted by atomic mass is 10.1. The van der Waals surface area contributed by atoms with Crippen LogP contribution in [-0.2, 0) is 4.79 Å². The summed E-state index contributed by atoms with van der Waals surface area (Å²) in [5.41, 5.74) is 1.48. The van der Waals surface area contributed by atoms with Crippen molar-refractivity contribution in [3.8, 4) is 11.3 Å². The number of aromatic nitrogens is 3. The van der Waals surface area contributed by atoms with Crippen LogP contribution >= 0.6 is 0 Å². The monoisotopic (exact) mass is 296 g/mol. The molecular weight excluding hydrogens is 283 g/mol. The third-order valence-corrected chi connectivity index (χ3v) is 3.71. The van der Waals surface area contributed by atoms with E-state index < -0.39 is 0 Å². The Morgan fingerprint density at radius 3 is 2.77 bits per heavy atom. The summed E-state index contributed by atoms with van der Waals surface area (Å²) in [4.78, 5) is 20.6. The maximum absolute atomic E-state index is 13.2. The molecule has 5 nitrogen and oxygen atoms in total. The van der Waals surface area contributed by atoms with Gasteiger partial charge < -0.3 is 5.32 Å². The fraction of sp³-hybridized carbons (Fsp3) is 0.188. The van der Waals surface area contributed by atoms with E-state index in [0.29, 0.717) is 17.3 Å². The first-order chi connectivity index (χ1) is 10.7. The normalized spacial score (nSPS) is 14.2. The van der Waals surface area contributed by atoms with Crippen LogP contribution in [0.15, 0.2) is 42.7 Å². The van der Waals surface area contributed by atoms with Crippen LogP contribution < -0.4 is 5.32 Å². The minimum atomic E-state index is -0.306. The summed E-state index contributed by atoms with van der Waals surface area (Å²) in [7, 11) is 0. The summed E-state index contributed by atoms with van der Waals surface area (Å²) >= 11 is 0. The van der Waals surface area contributed by atoms with Gasteiger partial charge in [-0.05, 0) is 43.2 Å². The van der Waals surface area contributed by atoms with Gasteiger partial charge in [-0.25, -0.2) is 9.37 Å². The van der Waals surface area contributed by atoms with Crippen molar-refractivity contribution in [2.24, 2.45) is 5.92 Å². The first kappa shape index (κ1) is 12.9. The number of amides is 1. The van der Waals surface area contributed by atoms with Gasteiger partial charge in [-0.2, -0.15) is 4.98 Å². The topological polar surface area (TPSA) is 59.3 Å². The maximum atomic E-state index is 13.2. The minimum absolute atomic E-state index is 0.0215. The molecule has 1 N–H and O–H groups in total. The zero-order valence-corrected chi connectivity index (χ0v) is 11.7. The summed E-state index contributed by atoms with van der Waals surface area (Å²) in [6.45, 7) is 0. The number of hydrogen-bond acceptors (Lipinski definition) is 3. The van der Waals surface area contributed by atoms with Gasteiger partial charge in [0, 0.05) is 23.9 Å². The van der Waals surface area contributed by atoms with Crippen molar-refractivity contribution < 1.29 is 9.18 Å². The molecule has 110 valence electrons. The van der Waals surface area contributed by atoms with Crippen LogP contribution in [-0.4, -0.2) is 20.3 Å². The molecular formula is C16H13FN4O. The van der Waals surface area contributed by atoms with Crippen LogP contribution in [0.5, 0.6) is 0 Å². The number of benzene rings is 1. The maximum Gasteiger partial charge on any atom is 0.236 e. The molecule has 2 heterocycles. The Morgan fingerprint density at radius 2 is 2.05 bits per heavy atom. The highest BCUT2D eigenvalue weighted by Gasteiger charge is 2.31. The van der Waals surface area contributed by atoms with E-state index in [9.17, 15) is 9.18 Å². The smallest absolute Gasteiger partial charge is 0.236 e. The Hall–Kier alpha value is -2.76. The van der Waals surface area contributed by atoms with E-state index in [1.165, 1.54) is 12.1 Å². The molecule has 0 atom stereocenters. The predicted octanol–water partition coefficient (Wildman–Crippen LogP) is 2.88. The second-order valence-electron chi connectivity index (χ2n) is 5.37. The summed E-state index contributed by atoms with van der Waals surface area (Å²) in [5, 5.41) is 2.87. The molecule has 2 aromatic heterocycles. The number of carbonyl (C=O) groups is 1. The lowest BCUT2D eigenvalue weighted by Crippen LogP contribution is -2.14. The van der Waals surface area contributed by atoms with Crippen molar-refractivity contribution in [1.29, 1.82) is 0 Å². The zero-order chi connectivity index (χ0) is 15.1. The van der Waals surface area contributed by atoms with E-state index in [1.54, 1.807) is 28.8 Å². The van der Waals surface area contributed by atoms with Crippen molar-refractivity contribution in [2.45, 2.75) is 12.8 Å². The third-order valence-electron chi connectivity index (χ3n) is 3.71. The van der Waals surface area contributed by atoms with Gasteiger partial charge in [-0.15, -0.1) is 0 Å². The van der Waals surface area contributed by atoms with E-state index in [1.807, 2.05) is 6.20 Å². The van der Waals surface area contributed by atoms with Crippen molar-refractivity contribution in [3.05, 3.63) is 48.5 Å². The summed E-state index contributed by atoms with van der Waals surface area (Å²) in [6.07, 6.45) is 5.30. The van der Waals surface area contributed by atoms with E-state index in [0.717, 1.165) is 18.4 Å². The van der Waals surface area contributed by atoms with Gasteiger partial charge in [-0.3, -0.25) is 9.20 Å². The number of halogens is 1. The molecule has 0 spiro atoms. The van der Waals surface area contributed by atoms with Gasteiger partial charge in [0.15, 0.2) is 5.82 Å². The van der Waals surface area contributed by atoms with E-state index in [4.69, 9.17) is 0 Å². The minimum Gasteiger partial charge on any atom is -0.309 e. The van der Waals surface area contributed by atoms with Crippen molar-refractivity contribution in [3.63, 3.8) is 0 Å². The molecule has 0 radical (unpaired) electrons. The van der Waals surface area contributed by atoms with Gasteiger partial charge in [-0.1, -0.05) is 0 Å². The van der Waals surface area contributed by atoms with Gasteiger partial charge in [0.25, 0.3) is 0 Å².